The summed E-state index contributed by atoms with van der Waals surface area (Å²) in [6.45, 7) is 1.20. The molecule has 3 rings (SSSR count). The molecule has 0 bridgehead atoms. The Morgan fingerprint density at radius 3 is 1.94 bits per heavy atom. The summed E-state index contributed by atoms with van der Waals surface area (Å²) < 4.78 is 0. The lowest BCUT2D eigenvalue weighted by molar-refractivity contribution is -0.139. The molecule has 1 aliphatic heterocycles. The fourth-order valence-electron chi connectivity index (χ4n) is 6.18. The minimum atomic E-state index is -1.12. The van der Waals surface area contributed by atoms with Gasteiger partial charge in [0.25, 0.3) is 0 Å². The van der Waals surface area contributed by atoms with Gasteiger partial charge in [0.2, 0.25) is 29.5 Å². The number of benzene rings is 2. The highest BCUT2D eigenvalue weighted by molar-refractivity contribution is 5.96. The Labute approximate surface area is 303 Å². The molecule has 15 N–H and O–H groups in total. The van der Waals surface area contributed by atoms with Crippen molar-refractivity contribution in [2.45, 2.75) is 88.4 Å². The molecule has 0 aromatic heterocycles. The number of hydrogen-bond acceptors (Lipinski definition) is 8. The van der Waals surface area contributed by atoms with E-state index in [0.29, 0.717) is 51.6 Å². The molecule has 284 valence electrons. The van der Waals surface area contributed by atoms with Gasteiger partial charge in [-0.3, -0.25) is 34.0 Å². The predicted octanol–water partition coefficient (Wildman–Crippen LogP) is -1.45. The van der Waals surface area contributed by atoms with Gasteiger partial charge in [-0.25, -0.2) is 0 Å². The first-order valence-electron chi connectivity index (χ1n) is 17.7. The third kappa shape index (κ3) is 13.0. The van der Waals surface area contributed by atoms with Gasteiger partial charge in [0, 0.05) is 19.6 Å². The number of aliphatic imine (C=N–C) groups is 2. The smallest absolute Gasteiger partial charge is 0.243 e. The van der Waals surface area contributed by atoms with Crippen molar-refractivity contribution >= 4 is 52.2 Å². The van der Waals surface area contributed by atoms with Crippen LogP contribution in [0.4, 0.5) is 0 Å². The van der Waals surface area contributed by atoms with Crippen LogP contribution in [0.5, 0.6) is 0 Å². The molecule has 1 heterocycles. The van der Waals surface area contributed by atoms with Crippen LogP contribution in [0.2, 0.25) is 0 Å². The van der Waals surface area contributed by atoms with Crippen molar-refractivity contribution in [3.63, 3.8) is 0 Å². The van der Waals surface area contributed by atoms with Gasteiger partial charge in [-0.2, -0.15) is 0 Å². The number of carbonyl (C=O) groups excluding carboxylic acids is 5. The molecule has 0 aliphatic carbocycles. The van der Waals surface area contributed by atoms with E-state index in [1.807, 2.05) is 42.5 Å². The highest BCUT2D eigenvalue weighted by Gasteiger charge is 2.36. The molecule has 17 heteroatoms. The van der Waals surface area contributed by atoms with Crippen LogP contribution in [0.1, 0.15) is 63.4 Å². The van der Waals surface area contributed by atoms with E-state index in [-0.39, 0.29) is 56.6 Å². The average molecular weight is 723 g/mol. The Kier molecular flexibility index (Phi) is 16.6. The summed E-state index contributed by atoms with van der Waals surface area (Å²) in [4.78, 5) is 76.2. The molecule has 2 aromatic rings. The van der Waals surface area contributed by atoms with Crippen LogP contribution in [-0.2, 0) is 30.4 Å². The Morgan fingerprint density at radius 1 is 0.731 bits per heavy atom. The molecular formula is C35H54N12O5. The summed E-state index contributed by atoms with van der Waals surface area (Å²) in [6, 6.07) is 9.63. The summed E-state index contributed by atoms with van der Waals surface area (Å²) in [5, 5.41) is 10.2. The van der Waals surface area contributed by atoms with E-state index >= 15 is 0 Å². The first-order valence-corrected chi connectivity index (χ1v) is 17.7. The van der Waals surface area contributed by atoms with Crippen LogP contribution < -0.4 is 50.4 Å². The average Bonchev–Trinajstić information content (AvgIpc) is 3.61. The third-order valence-corrected chi connectivity index (χ3v) is 8.86. The molecule has 52 heavy (non-hydrogen) atoms. The number of amides is 5. The molecule has 17 nitrogen and oxygen atoms in total. The van der Waals surface area contributed by atoms with Crippen molar-refractivity contribution in [1.29, 1.82) is 0 Å². The van der Waals surface area contributed by atoms with Crippen molar-refractivity contribution < 1.29 is 24.0 Å². The van der Waals surface area contributed by atoms with Crippen molar-refractivity contribution in [1.82, 2.24) is 20.9 Å². The van der Waals surface area contributed by atoms with E-state index in [2.05, 4.69) is 25.9 Å². The Bertz CT molecular complexity index is 1590. The zero-order valence-corrected chi connectivity index (χ0v) is 29.6. The lowest BCUT2D eigenvalue weighted by atomic mass is 10.0. The van der Waals surface area contributed by atoms with E-state index in [0.717, 1.165) is 16.3 Å². The lowest BCUT2D eigenvalue weighted by Gasteiger charge is -2.28. The van der Waals surface area contributed by atoms with Crippen molar-refractivity contribution in [3.8, 4) is 0 Å². The van der Waals surface area contributed by atoms with Gasteiger partial charge in [0.15, 0.2) is 11.9 Å². The molecule has 2 aromatic carbocycles. The predicted molar refractivity (Wildman–Crippen MR) is 200 cm³/mol. The number of fused-ring (bicyclic) bond motifs is 1. The number of rotatable bonds is 21. The maximum Gasteiger partial charge on any atom is 0.243 e. The second kappa shape index (κ2) is 21.0. The number of primary amides is 1. The van der Waals surface area contributed by atoms with Crippen LogP contribution in [0.25, 0.3) is 10.8 Å². The number of nitrogens with two attached hydrogens (primary N) is 6. The van der Waals surface area contributed by atoms with E-state index in [9.17, 15) is 24.0 Å². The summed E-state index contributed by atoms with van der Waals surface area (Å²) in [7, 11) is 0. The number of unbranched alkanes of at least 4 members (excludes halogenated alkanes) is 1. The molecule has 4 atom stereocenters. The zero-order valence-electron chi connectivity index (χ0n) is 29.6. The molecule has 5 amide bonds. The number of likely N-dealkylation sites (tertiary alicyclic amines) is 1. The highest BCUT2D eigenvalue weighted by Crippen LogP contribution is 2.23. The number of hydrogen-bond donors (Lipinski definition) is 9. The quantitative estimate of drug-likeness (QED) is 0.0410. The highest BCUT2D eigenvalue weighted by atomic mass is 16.2. The number of carbonyl (C=O) groups is 5. The van der Waals surface area contributed by atoms with Gasteiger partial charge in [0.1, 0.15) is 24.2 Å². The van der Waals surface area contributed by atoms with E-state index in [1.54, 1.807) is 4.90 Å². The fourth-order valence-corrected chi connectivity index (χ4v) is 6.18. The van der Waals surface area contributed by atoms with Crippen LogP contribution >= 0.6 is 0 Å². The molecule has 1 aliphatic rings. The first kappa shape index (κ1) is 41.0. The molecule has 0 saturated carbocycles. The maximum atomic E-state index is 13.8. The van der Waals surface area contributed by atoms with Crippen LogP contribution in [0.15, 0.2) is 52.4 Å². The van der Waals surface area contributed by atoms with E-state index in [4.69, 9.17) is 34.4 Å². The molecule has 0 spiro atoms. The number of nitrogens with zero attached hydrogens (tertiary/aromatic N) is 3. The lowest BCUT2D eigenvalue weighted by Crippen LogP contribution is -2.58. The SMILES string of the molecule is NCCCCC(NC(=O)[C@@H]1CCCN1C(=O)Cc1cccc2ccccc12)C(=O)NC(CCCN=C(N)N)C(=O)NC(CCCN=C(N)N)C(N)=O. The third-order valence-electron chi connectivity index (χ3n) is 8.86. The van der Waals surface area contributed by atoms with Crippen molar-refractivity contribution in [2.24, 2.45) is 44.4 Å². The van der Waals surface area contributed by atoms with E-state index in [1.165, 1.54) is 0 Å². The summed E-state index contributed by atoms with van der Waals surface area (Å²) >= 11 is 0. The van der Waals surface area contributed by atoms with Gasteiger partial charge in [0.05, 0.1) is 6.42 Å². The Balaban J connectivity index is 1.74. The summed E-state index contributed by atoms with van der Waals surface area (Å²) in [6.07, 6.45) is 3.48. The van der Waals surface area contributed by atoms with Gasteiger partial charge in [-0.05, 0) is 80.7 Å². The molecule has 0 radical (unpaired) electrons. The standard InChI is InChI=1S/C35H54N12O5/c36-17-4-3-13-26(46-33(52)28-16-8-20-47(28)29(48)21-23-11-5-10-22-9-1-2-12-24(22)23)32(51)45-27(15-7-19-43-35(40)41)31(50)44-25(30(37)49)14-6-18-42-34(38)39/h1-2,5,9-12,25-28H,3-4,6-8,13-21,36H2,(H2,37,49)(H,44,50)(H,45,51)(H,46,52)(H4,38,39,42)(H4,40,41,43)/t25?,26?,27?,28-/m0/s1. The van der Waals surface area contributed by atoms with Crippen LogP contribution in [0, 0.1) is 0 Å². The first-order chi connectivity index (χ1) is 24.9. The minimum Gasteiger partial charge on any atom is -0.370 e. The van der Waals surface area contributed by atoms with E-state index < -0.39 is 47.8 Å². The zero-order chi connectivity index (χ0) is 38.0. The molecule has 1 saturated heterocycles. The maximum absolute atomic E-state index is 13.8. The van der Waals surface area contributed by atoms with Crippen molar-refractivity contribution in [3.05, 3.63) is 48.0 Å². The minimum absolute atomic E-state index is 0.107. The van der Waals surface area contributed by atoms with Gasteiger partial charge >= 0.3 is 0 Å². The van der Waals surface area contributed by atoms with Gasteiger partial charge < -0.3 is 55.3 Å². The second-order valence-electron chi connectivity index (χ2n) is 12.8. The van der Waals surface area contributed by atoms with Gasteiger partial charge in [-0.15, -0.1) is 0 Å². The molecule has 3 unspecified atom stereocenters. The van der Waals surface area contributed by atoms with Crippen LogP contribution in [-0.4, -0.2) is 96.7 Å². The second-order valence-corrected chi connectivity index (χ2v) is 12.8. The topological polar surface area (TPSA) is 306 Å². The summed E-state index contributed by atoms with van der Waals surface area (Å²) in [5.41, 5.74) is 33.7. The van der Waals surface area contributed by atoms with Crippen LogP contribution in [0.3, 0.4) is 0 Å². The fraction of sp³-hybridized carbons (Fsp3) is 0.514. The largest absolute Gasteiger partial charge is 0.370 e. The molecular weight excluding hydrogens is 668 g/mol. The Hall–Kier alpha value is -5.45. The summed E-state index contributed by atoms with van der Waals surface area (Å²) in [5.74, 6) is -2.91. The molecule has 1 fully saturated rings. The van der Waals surface area contributed by atoms with Gasteiger partial charge in [-0.1, -0.05) is 42.5 Å². The number of guanidine groups is 2. The monoisotopic (exact) mass is 722 g/mol. The number of nitrogens with one attached hydrogen (secondary N) is 3. The normalized spacial score (nSPS) is 15.6. The van der Waals surface area contributed by atoms with Crippen molar-refractivity contribution in [2.75, 3.05) is 26.2 Å². The Morgan fingerprint density at radius 2 is 1.31 bits per heavy atom.